The lowest BCUT2D eigenvalue weighted by Crippen LogP contribution is -2.34. The van der Waals surface area contributed by atoms with Crippen LogP contribution in [0, 0.1) is 0 Å². The fourth-order valence-corrected chi connectivity index (χ4v) is 5.01. The van der Waals surface area contributed by atoms with Crippen LogP contribution in [-0.2, 0) is 4.79 Å². The summed E-state index contributed by atoms with van der Waals surface area (Å²) in [7, 11) is 0. The number of carboxylic acid groups (broad SMARTS) is 1. The number of benzene rings is 4. The minimum Gasteiger partial charge on any atom is -0.480 e. The molecular formula is C28H20N2O3. The standard InChI is InChI=1S/C28H20N2O3/c31-24(32)16-30-27(20-9-3-4-10-21(20)28(30)33)25-22-11-5-6-12-23(22)29-26(25)19-14-13-17-7-1-2-8-18(17)15-19/h1-15,27,29H,16H2,(H,31,32)/t27-/m1/s1. The molecule has 1 atom stereocenters. The maximum absolute atomic E-state index is 13.2. The highest BCUT2D eigenvalue weighted by molar-refractivity contribution is 6.03. The van der Waals surface area contributed by atoms with E-state index < -0.39 is 12.0 Å². The first-order valence-corrected chi connectivity index (χ1v) is 10.8. The number of carbonyl (C=O) groups excluding carboxylic acids is 1. The molecule has 0 saturated carbocycles. The van der Waals surface area contributed by atoms with Gasteiger partial charge in [0.15, 0.2) is 0 Å². The lowest BCUT2D eigenvalue weighted by Gasteiger charge is -2.25. The minimum absolute atomic E-state index is 0.257. The smallest absolute Gasteiger partial charge is 0.323 e. The van der Waals surface area contributed by atoms with Gasteiger partial charge in [-0.15, -0.1) is 0 Å². The number of nitrogens with one attached hydrogen (secondary N) is 1. The summed E-state index contributed by atoms with van der Waals surface area (Å²) in [5, 5.41) is 12.8. The molecule has 0 fully saturated rings. The van der Waals surface area contributed by atoms with Gasteiger partial charge in [0.05, 0.1) is 11.7 Å². The van der Waals surface area contributed by atoms with E-state index in [9.17, 15) is 14.7 Å². The minimum atomic E-state index is -1.03. The normalized spacial score (nSPS) is 15.3. The molecule has 0 saturated heterocycles. The van der Waals surface area contributed by atoms with Crippen LogP contribution in [0.2, 0.25) is 0 Å². The van der Waals surface area contributed by atoms with Gasteiger partial charge in [-0.05, 0) is 40.1 Å². The van der Waals surface area contributed by atoms with E-state index in [4.69, 9.17) is 0 Å². The van der Waals surface area contributed by atoms with Gasteiger partial charge < -0.3 is 15.0 Å². The Morgan fingerprint density at radius 2 is 1.61 bits per heavy atom. The number of hydrogen-bond acceptors (Lipinski definition) is 2. The average molecular weight is 432 g/mol. The molecule has 1 aliphatic rings. The number of hydrogen-bond donors (Lipinski definition) is 2. The number of carbonyl (C=O) groups is 2. The Balaban J connectivity index is 1.64. The third kappa shape index (κ3) is 3.01. The summed E-state index contributed by atoms with van der Waals surface area (Å²) in [5.41, 5.74) is 5.14. The Hall–Kier alpha value is -4.38. The van der Waals surface area contributed by atoms with Crippen molar-refractivity contribution in [3.63, 3.8) is 0 Å². The fourth-order valence-electron chi connectivity index (χ4n) is 5.01. The van der Waals surface area contributed by atoms with E-state index in [1.54, 1.807) is 6.07 Å². The zero-order chi connectivity index (χ0) is 22.5. The maximum Gasteiger partial charge on any atom is 0.323 e. The molecule has 33 heavy (non-hydrogen) atoms. The van der Waals surface area contributed by atoms with E-state index in [-0.39, 0.29) is 12.5 Å². The summed E-state index contributed by atoms with van der Waals surface area (Å²) in [6.07, 6.45) is 0. The van der Waals surface area contributed by atoms with Crippen molar-refractivity contribution < 1.29 is 14.7 Å². The molecule has 1 amide bonds. The van der Waals surface area contributed by atoms with E-state index in [2.05, 4.69) is 35.3 Å². The lowest BCUT2D eigenvalue weighted by atomic mass is 9.92. The predicted molar refractivity (Wildman–Crippen MR) is 128 cm³/mol. The van der Waals surface area contributed by atoms with E-state index in [0.29, 0.717) is 5.56 Å². The summed E-state index contributed by atoms with van der Waals surface area (Å²) in [4.78, 5) is 30.0. The summed E-state index contributed by atoms with van der Waals surface area (Å²) in [6.45, 7) is -0.366. The van der Waals surface area contributed by atoms with E-state index >= 15 is 0 Å². The molecule has 6 rings (SSSR count). The topological polar surface area (TPSA) is 73.4 Å². The van der Waals surface area contributed by atoms with Crippen LogP contribution in [0.4, 0.5) is 0 Å². The Morgan fingerprint density at radius 1 is 0.879 bits per heavy atom. The number of nitrogens with zero attached hydrogens (tertiary/aromatic N) is 1. The second-order valence-electron chi connectivity index (χ2n) is 8.34. The first-order valence-electron chi connectivity index (χ1n) is 10.8. The quantitative estimate of drug-likeness (QED) is 0.387. The number of rotatable bonds is 4. The second-order valence-corrected chi connectivity index (χ2v) is 8.34. The summed E-state index contributed by atoms with van der Waals surface area (Å²) in [5.74, 6) is -1.29. The van der Waals surface area contributed by atoms with Crippen molar-refractivity contribution in [3.05, 3.63) is 108 Å². The molecule has 0 radical (unpaired) electrons. The summed E-state index contributed by atoms with van der Waals surface area (Å²) < 4.78 is 0. The van der Waals surface area contributed by atoms with Gasteiger partial charge >= 0.3 is 5.97 Å². The highest BCUT2D eigenvalue weighted by Crippen LogP contribution is 2.45. The number of para-hydroxylation sites is 1. The summed E-state index contributed by atoms with van der Waals surface area (Å²) in [6, 6.07) is 29.3. The van der Waals surface area contributed by atoms with Gasteiger partial charge in [-0.1, -0.05) is 72.8 Å². The fraction of sp³-hybridized carbons (Fsp3) is 0.0714. The van der Waals surface area contributed by atoms with Crippen LogP contribution >= 0.6 is 0 Å². The van der Waals surface area contributed by atoms with Crippen molar-refractivity contribution in [2.24, 2.45) is 0 Å². The van der Waals surface area contributed by atoms with Gasteiger partial charge in [0, 0.05) is 22.0 Å². The number of carboxylic acids is 1. The SMILES string of the molecule is O=C(O)CN1C(=O)c2ccccc2[C@@H]1c1c(-c2ccc3ccccc3c2)[nH]c2ccccc12. The maximum atomic E-state index is 13.2. The molecule has 0 bridgehead atoms. The van der Waals surface area contributed by atoms with Crippen molar-refractivity contribution in [1.82, 2.24) is 9.88 Å². The lowest BCUT2D eigenvalue weighted by molar-refractivity contribution is -0.138. The number of H-pyrrole nitrogens is 1. The Kier molecular flexibility index (Phi) is 4.30. The van der Waals surface area contributed by atoms with Gasteiger partial charge in [0.25, 0.3) is 5.91 Å². The molecule has 0 spiro atoms. The van der Waals surface area contributed by atoms with Gasteiger partial charge in [0.2, 0.25) is 0 Å². The van der Waals surface area contributed by atoms with Crippen LogP contribution in [0.3, 0.4) is 0 Å². The zero-order valence-electron chi connectivity index (χ0n) is 17.7. The molecule has 1 aliphatic heterocycles. The van der Waals surface area contributed by atoms with Crippen LogP contribution in [0.15, 0.2) is 91.0 Å². The highest BCUT2D eigenvalue weighted by atomic mass is 16.4. The van der Waals surface area contributed by atoms with Gasteiger partial charge in [-0.2, -0.15) is 0 Å². The Morgan fingerprint density at radius 3 is 2.45 bits per heavy atom. The van der Waals surface area contributed by atoms with Crippen molar-refractivity contribution in [1.29, 1.82) is 0 Å². The van der Waals surface area contributed by atoms with Crippen molar-refractivity contribution in [2.75, 3.05) is 6.54 Å². The average Bonchev–Trinajstić information content (AvgIpc) is 3.34. The van der Waals surface area contributed by atoms with Crippen LogP contribution in [0.1, 0.15) is 27.5 Å². The molecule has 0 aliphatic carbocycles. The zero-order valence-corrected chi connectivity index (χ0v) is 17.7. The molecule has 5 aromatic rings. The molecule has 0 unspecified atom stereocenters. The second kappa shape index (κ2) is 7.35. The van der Waals surface area contributed by atoms with Crippen molar-refractivity contribution in [3.8, 4) is 11.3 Å². The number of amides is 1. The van der Waals surface area contributed by atoms with E-state index in [1.165, 1.54) is 4.90 Å². The predicted octanol–water partition coefficient (Wildman–Crippen LogP) is 5.62. The first kappa shape index (κ1) is 19.3. The number of aliphatic carboxylic acids is 1. The van der Waals surface area contributed by atoms with Crippen LogP contribution in [-0.4, -0.2) is 33.4 Å². The van der Waals surface area contributed by atoms with Gasteiger partial charge in [-0.25, -0.2) is 0 Å². The van der Waals surface area contributed by atoms with E-state index in [0.717, 1.165) is 44.1 Å². The van der Waals surface area contributed by atoms with Crippen molar-refractivity contribution in [2.45, 2.75) is 6.04 Å². The molecule has 160 valence electrons. The molecular weight excluding hydrogens is 412 g/mol. The molecule has 2 heterocycles. The van der Waals surface area contributed by atoms with Crippen molar-refractivity contribution >= 4 is 33.6 Å². The number of aromatic amines is 1. The third-order valence-corrected chi connectivity index (χ3v) is 6.42. The van der Waals surface area contributed by atoms with Gasteiger partial charge in [-0.3, -0.25) is 9.59 Å². The molecule has 5 nitrogen and oxygen atoms in total. The Bertz CT molecular complexity index is 1570. The molecule has 5 heteroatoms. The largest absolute Gasteiger partial charge is 0.480 e. The Labute approximate surface area is 189 Å². The first-order chi connectivity index (χ1) is 16.1. The monoisotopic (exact) mass is 432 g/mol. The van der Waals surface area contributed by atoms with Crippen LogP contribution < -0.4 is 0 Å². The third-order valence-electron chi connectivity index (χ3n) is 6.42. The van der Waals surface area contributed by atoms with Gasteiger partial charge in [0.1, 0.15) is 6.54 Å². The highest BCUT2D eigenvalue weighted by Gasteiger charge is 2.40. The number of fused-ring (bicyclic) bond motifs is 3. The molecule has 2 N–H and O–H groups in total. The summed E-state index contributed by atoms with van der Waals surface area (Å²) >= 11 is 0. The molecule has 4 aromatic carbocycles. The van der Waals surface area contributed by atoms with Crippen LogP contribution in [0.5, 0.6) is 0 Å². The molecule has 1 aromatic heterocycles. The van der Waals surface area contributed by atoms with Crippen LogP contribution in [0.25, 0.3) is 32.9 Å². The number of aromatic nitrogens is 1. The van der Waals surface area contributed by atoms with E-state index in [1.807, 2.05) is 54.6 Å².